The van der Waals surface area contributed by atoms with Gasteiger partial charge in [0.1, 0.15) is 11.8 Å². The van der Waals surface area contributed by atoms with E-state index in [9.17, 15) is 0 Å². The number of hydrogen-bond acceptors (Lipinski definition) is 2. The molecule has 0 amide bonds. The molecular formula is C14H18BrNO. The van der Waals surface area contributed by atoms with Gasteiger partial charge >= 0.3 is 0 Å². The number of ether oxygens (including phenoxy) is 1. The molecule has 1 unspecified atom stereocenters. The summed E-state index contributed by atoms with van der Waals surface area (Å²) in [6.07, 6.45) is -0.434. The molecule has 17 heavy (non-hydrogen) atoms. The summed E-state index contributed by atoms with van der Waals surface area (Å²) in [5, 5.41) is 8.85. The molecule has 0 radical (unpaired) electrons. The molecule has 0 spiro atoms. The molecule has 1 atom stereocenters. The van der Waals surface area contributed by atoms with Crippen LogP contribution >= 0.6 is 15.9 Å². The lowest BCUT2D eigenvalue weighted by Crippen LogP contribution is -2.17. The van der Waals surface area contributed by atoms with E-state index in [1.165, 1.54) is 0 Å². The maximum atomic E-state index is 8.85. The van der Waals surface area contributed by atoms with E-state index >= 15 is 0 Å². The van der Waals surface area contributed by atoms with Crippen LogP contribution in [0, 0.1) is 18.3 Å². The van der Waals surface area contributed by atoms with E-state index in [0.29, 0.717) is 0 Å². The molecule has 0 saturated heterocycles. The van der Waals surface area contributed by atoms with E-state index in [2.05, 4.69) is 48.8 Å². The van der Waals surface area contributed by atoms with Gasteiger partial charge in [0.15, 0.2) is 6.10 Å². The van der Waals surface area contributed by atoms with E-state index < -0.39 is 6.10 Å². The molecule has 1 aromatic carbocycles. The highest BCUT2D eigenvalue weighted by atomic mass is 79.9. The molecule has 0 aliphatic heterocycles. The summed E-state index contributed by atoms with van der Waals surface area (Å²) >= 11 is 3.50. The Morgan fingerprint density at radius 3 is 2.41 bits per heavy atom. The highest BCUT2D eigenvalue weighted by molar-refractivity contribution is 9.10. The molecule has 0 fully saturated rings. The van der Waals surface area contributed by atoms with Crippen molar-refractivity contribution in [3.05, 3.63) is 27.7 Å². The number of nitriles is 1. The largest absolute Gasteiger partial charge is 0.475 e. The molecule has 0 aromatic heterocycles. The van der Waals surface area contributed by atoms with E-state index in [0.717, 1.165) is 21.3 Å². The minimum absolute atomic E-state index is 0.0148. The Morgan fingerprint density at radius 1 is 1.35 bits per heavy atom. The predicted molar refractivity (Wildman–Crippen MR) is 73.3 cm³/mol. The predicted octanol–water partition coefficient (Wildman–Crippen LogP) is 4.35. The van der Waals surface area contributed by atoms with Crippen molar-refractivity contribution >= 4 is 15.9 Å². The van der Waals surface area contributed by atoms with Crippen LogP contribution in [0.3, 0.4) is 0 Å². The smallest absolute Gasteiger partial charge is 0.181 e. The van der Waals surface area contributed by atoms with Gasteiger partial charge in [0, 0.05) is 10.0 Å². The molecule has 0 saturated carbocycles. The van der Waals surface area contributed by atoms with Gasteiger partial charge in [0.05, 0.1) is 0 Å². The fourth-order valence-electron chi connectivity index (χ4n) is 1.65. The van der Waals surface area contributed by atoms with Crippen molar-refractivity contribution in [2.75, 3.05) is 0 Å². The van der Waals surface area contributed by atoms with Crippen LogP contribution < -0.4 is 4.74 Å². The molecular weight excluding hydrogens is 278 g/mol. The molecule has 1 rings (SSSR count). The summed E-state index contributed by atoms with van der Waals surface area (Å²) < 4.78 is 6.76. The van der Waals surface area contributed by atoms with Gasteiger partial charge in [0.25, 0.3) is 0 Å². The van der Waals surface area contributed by atoms with E-state index in [4.69, 9.17) is 10.00 Å². The van der Waals surface area contributed by atoms with E-state index in [1.807, 2.05) is 13.0 Å². The Bertz CT molecular complexity index is 455. The normalized spacial score (nSPS) is 13.0. The zero-order valence-corrected chi connectivity index (χ0v) is 12.6. The first-order chi connectivity index (χ1) is 7.75. The third-order valence-corrected chi connectivity index (χ3v) is 2.98. The minimum atomic E-state index is -0.434. The Hall–Kier alpha value is -1.01. The van der Waals surface area contributed by atoms with Crippen LogP contribution in [0.5, 0.6) is 5.75 Å². The first-order valence-corrected chi connectivity index (χ1v) is 6.42. The van der Waals surface area contributed by atoms with Crippen molar-refractivity contribution in [2.24, 2.45) is 0 Å². The Labute approximate surface area is 112 Å². The van der Waals surface area contributed by atoms with Gasteiger partial charge in [-0.15, -0.1) is 0 Å². The van der Waals surface area contributed by atoms with Crippen LogP contribution in [0.2, 0.25) is 0 Å². The van der Waals surface area contributed by atoms with Gasteiger partial charge in [0.2, 0.25) is 0 Å². The second-order valence-electron chi connectivity index (χ2n) is 5.24. The van der Waals surface area contributed by atoms with Crippen LogP contribution in [0.4, 0.5) is 0 Å². The molecule has 2 nitrogen and oxygen atoms in total. The quantitative estimate of drug-likeness (QED) is 0.813. The van der Waals surface area contributed by atoms with Crippen molar-refractivity contribution in [2.45, 2.75) is 46.1 Å². The highest BCUT2D eigenvalue weighted by Gasteiger charge is 2.22. The highest BCUT2D eigenvalue weighted by Crippen LogP contribution is 2.36. The topological polar surface area (TPSA) is 33.0 Å². The zero-order valence-electron chi connectivity index (χ0n) is 11.0. The van der Waals surface area contributed by atoms with E-state index in [-0.39, 0.29) is 5.41 Å². The molecule has 3 heteroatoms. The summed E-state index contributed by atoms with van der Waals surface area (Å²) in [6.45, 7) is 10.2. The fourth-order valence-corrected chi connectivity index (χ4v) is 2.22. The van der Waals surface area contributed by atoms with Crippen LogP contribution in [-0.2, 0) is 5.41 Å². The van der Waals surface area contributed by atoms with Crippen molar-refractivity contribution in [1.82, 2.24) is 0 Å². The summed E-state index contributed by atoms with van der Waals surface area (Å²) in [6, 6.07) is 6.17. The van der Waals surface area contributed by atoms with Crippen LogP contribution in [0.25, 0.3) is 0 Å². The first-order valence-electron chi connectivity index (χ1n) is 5.62. The van der Waals surface area contributed by atoms with Gasteiger partial charge in [-0.25, -0.2) is 0 Å². The molecule has 0 N–H and O–H groups in total. The Morgan fingerprint density at radius 2 is 1.94 bits per heavy atom. The average Bonchev–Trinajstić information content (AvgIpc) is 2.19. The second-order valence-corrected chi connectivity index (χ2v) is 6.15. The Balaban J connectivity index is 3.32. The average molecular weight is 296 g/mol. The summed E-state index contributed by atoms with van der Waals surface area (Å²) in [5.41, 5.74) is 2.15. The summed E-state index contributed by atoms with van der Waals surface area (Å²) in [4.78, 5) is 0. The maximum Gasteiger partial charge on any atom is 0.181 e. The number of halogens is 1. The van der Waals surface area contributed by atoms with Crippen molar-refractivity contribution in [3.8, 4) is 11.8 Å². The molecule has 0 heterocycles. The molecule has 0 aliphatic carbocycles. The van der Waals surface area contributed by atoms with Gasteiger partial charge < -0.3 is 4.74 Å². The van der Waals surface area contributed by atoms with Crippen molar-refractivity contribution in [3.63, 3.8) is 0 Å². The maximum absolute atomic E-state index is 8.85. The molecule has 0 bridgehead atoms. The third-order valence-electron chi connectivity index (χ3n) is 2.52. The van der Waals surface area contributed by atoms with Crippen LogP contribution in [0.1, 0.15) is 38.8 Å². The van der Waals surface area contributed by atoms with Crippen molar-refractivity contribution < 1.29 is 4.74 Å². The number of benzene rings is 1. The zero-order chi connectivity index (χ0) is 13.2. The number of rotatable bonds is 2. The van der Waals surface area contributed by atoms with Crippen LogP contribution in [0.15, 0.2) is 16.6 Å². The molecule has 0 aliphatic rings. The fraction of sp³-hybridized carbons (Fsp3) is 0.500. The summed E-state index contributed by atoms with van der Waals surface area (Å²) in [5.74, 6) is 0.828. The monoisotopic (exact) mass is 295 g/mol. The molecule has 1 aromatic rings. The van der Waals surface area contributed by atoms with Crippen LogP contribution in [-0.4, -0.2) is 6.10 Å². The number of hydrogen-bond donors (Lipinski definition) is 0. The second kappa shape index (κ2) is 5.10. The van der Waals surface area contributed by atoms with Gasteiger partial charge in [-0.3, -0.25) is 0 Å². The lowest BCUT2D eigenvalue weighted by molar-refractivity contribution is 0.267. The van der Waals surface area contributed by atoms with Crippen molar-refractivity contribution in [1.29, 1.82) is 5.26 Å². The number of aryl methyl sites for hydroxylation is 1. The third kappa shape index (κ3) is 3.47. The standard InChI is InChI=1S/C14H18BrNO/c1-9-6-11(15)7-12(14(3,4)5)13(9)17-10(2)8-16/h6-7,10H,1-5H3. The number of nitrogens with zero attached hydrogens (tertiary/aromatic N) is 1. The van der Waals surface area contributed by atoms with E-state index in [1.54, 1.807) is 6.92 Å². The van der Waals surface area contributed by atoms with Gasteiger partial charge in [-0.2, -0.15) is 5.26 Å². The SMILES string of the molecule is Cc1cc(Br)cc(C(C)(C)C)c1OC(C)C#N. The lowest BCUT2D eigenvalue weighted by Gasteiger charge is -2.25. The van der Waals surface area contributed by atoms with Gasteiger partial charge in [-0.05, 0) is 37.0 Å². The first kappa shape index (κ1) is 14.1. The van der Waals surface area contributed by atoms with Gasteiger partial charge in [-0.1, -0.05) is 36.7 Å². The Kier molecular flexibility index (Phi) is 4.21. The summed E-state index contributed by atoms with van der Waals surface area (Å²) in [7, 11) is 0. The minimum Gasteiger partial charge on any atom is -0.475 e. The molecule has 92 valence electrons. The lowest BCUT2D eigenvalue weighted by atomic mass is 9.85.